The first-order chi connectivity index (χ1) is 7.08. The number of phenols is 1. The smallest absolute Gasteiger partial charge is 0.172 e. The fourth-order valence-electron chi connectivity index (χ4n) is 1.14. The third-order valence-corrected chi connectivity index (χ3v) is 1.83. The van der Waals surface area contributed by atoms with Crippen LogP contribution in [0.4, 0.5) is 14.6 Å². The van der Waals surface area contributed by atoms with Crippen LogP contribution in [0.3, 0.4) is 0 Å². The average molecular weight is 212 g/mol. The van der Waals surface area contributed by atoms with Crippen LogP contribution in [-0.4, -0.2) is 10.3 Å². The first-order valence-electron chi connectivity index (χ1n) is 3.98. The van der Waals surface area contributed by atoms with E-state index in [0.29, 0.717) is 6.07 Å². The van der Waals surface area contributed by atoms with Crippen LogP contribution in [0, 0.1) is 11.6 Å². The van der Waals surface area contributed by atoms with Gasteiger partial charge in [0.2, 0.25) is 0 Å². The van der Waals surface area contributed by atoms with Gasteiger partial charge in [0.25, 0.3) is 0 Å². The van der Waals surface area contributed by atoms with Gasteiger partial charge in [0.05, 0.1) is 5.56 Å². The molecule has 6 heteroatoms. The summed E-state index contributed by atoms with van der Waals surface area (Å²) in [6.45, 7) is 0. The van der Waals surface area contributed by atoms with Crippen LogP contribution in [0.25, 0.3) is 11.3 Å². The zero-order chi connectivity index (χ0) is 11.0. The van der Waals surface area contributed by atoms with E-state index in [2.05, 4.69) is 9.68 Å². The molecule has 0 aliphatic carbocycles. The minimum atomic E-state index is -0.943. The Labute approximate surface area is 82.9 Å². The molecule has 15 heavy (non-hydrogen) atoms. The van der Waals surface area contributed by atoms with Crippen molar-refractivity contribution in [2.24, 2.45) is 0 Å². The topological polar surface area (TPSA) is 72.3 Å². The zero-order valence-electron chi connectivity index (χ0n) is 7.37. The van der Waals surface area contributed by atoms with Gasteiger partial charge >= 0.3 is 0 Å². The predicted molar refractivity (Wildman–Crippen MR) is 47.9 cm³/mol. The number of benzene rings is 1. The summed E-state index contributed by atoms with van der Waals surface area (Å²) in [5.74, 6) is -2.45. The minimum Gasteiger partial charge on any atom is -0.505 e. The maximum Gasteiger partial charge on any atom is 0.172 e. The van der Waals surface area contributed by atoms with Crippen molar-refractivity contribution in [2.75, 3.05) is 5.73 Å². The molecule has 2 aromatic rings. The maximum atomic E-state index is 13.3. The molecule has 1 aromatic carbocycles. The number of nitrogens with two attached hydrogens (primary N) is 1. The van der Waals surface area contributed by atoms with Crippen LogP contribution in [0.1, 0.15) is 0 Å². The summed E-state index contributed by atoms with van der Waals surface area (Å²) in [6, 6.07) is 2.73. The quantitative estimate of drug-likeness (QED) is 0.757. The normalized spacial score (nSPS) is 10.5. The number of rotatable bonds is 1. The summed E-state index contributed by atoms with van der Waals surface area (Å²) in [5, 5.41) is 12.2. The van der Waals surface area contributed by atoms with Gasteiger partial charge in [-0.05, 0) is 6.07 Å². The highest BCUT2D eigenvalue weighted by molar-refractivity contribution is 5.61. The third-order valence-electron chi connectivity index (χ3n) is 1.83. The van der Waals surface area contributed by atoms with Gasteiger partial charge in [0, 0.05) is 12.1 Å². The van der Waals surface area contributed by atoms with Gasteiger partial charge in [-0.2, -0.15) is 0 Å². The van der Waals surface area contributed by atoms with Gasteiger partial charge in [-0.1, -0.05) is 5.16 Å². The Kier molecular flexibility index (Phi) is 2.03. The maximum absolute atomic E-state index is 13.3. The van der Waals surface area contributed by atoms with Crippen LogP contribution < -0.4 is 5.73 Å². The molecule has 1 heterocycles. The molecule has 1 aromatic heterocycles. The molecule has 0 radical (unpaired) electrons. The Morgan fingerprint density at radius 2 is 1.93 bits per heavy atom. The second kappa shape index (κ2) is 3.23. The lowest BCUT2D eigenvalue weighted by molar-refractivity contribution is 0.420. The molecule has 0 amide bonds. The average Bonchev–Trinajstić information content (AvgIpc) is 2.58. The van der Waals surface area contributed by atoms with E-state index < -0.39 is 17.4 Å². The first kappa shape index (κ1) is 9.45. The van der Waals surface area contributed by atoms with Gasteiger partial charge in [0.15, 0.2) is 23.1 Å². The molecule has 78 valence electrons. The molecule has 0 atom stereocenters. The SMILES string of the molecule is Nc1cc(-c2cc(F)c(O)cc2F)on1. The van der Waals surface area contributed by atoms with E-state index in [0.717, 1.165) is 6.07 Å². The van der Waals surface area contributed by atoms with Crippen molar-refractivity contribution in [3.05, 3.63) is 29.8 Å². The van der Waals surface area contributed by atoms with Crippen molar-refractivity contribution in [1.29, 1.82) is 0 Å². The highest BCUT2D eigenvalue weighted by Gasteiger charge is 2.14. The van der Waals surface area contributed by atoms with Gasteiger partial charge in [-0.3, -0.25) is 0 Å². The Hall–Kier alpha value is -2.11. The molecular formula is C9H6F2N2O2. The second-order valence-corrected chi connectivity index (χ2v) is 2.90. The summed E-state index contributed by atoms with van der Waals surface area (Å²) in [5.41, 5.74) is 5.12. The first-order valence-corrected chi connectivity index (χ1v) is 3.98. The number of nitrogen functional groups attached to an aromatic ring is 1. The number of anilines is 1. The van der Waals surface area contributed by atoms with Crippen LogP contribution in [0.2, 0.25) is 0 Å². The van der Waals surface area contributed by atoms with Crippen molar-refractivity contribution in [3.63, 3.8) is 0 Å². The highest BCUT2D eigenvalue weighted by atomic mass is 19.1. The molecule has 0 saturated carbocycles. The molecule has 0 fully saturated rings. The molecule has 4 nitrogen and oxygen atoms in total. The van der Waals surface area contributed by atoms with Gasteiger partial charge in [-0.25, -0.2) is 8.78 Å². The summed E-state index contributed by atoms with van der Waals surface area (Å²) in [4.78, 5) is 0. The molecule has 3 N–H and O–H groups in total. The number of aromatic hydroxyl groups is 1. The van der Waals surface area contributed by atoms with E-state index in [1.165, 1.54) is 6.07 Å². The van der Waals surface area contributed by atoms with Crippen molar-refractivity contribution in [3.8, 4) is 17.1 Å². The molecule has 0 aliphatic rings. The largest absolute Gasteiger partial charge is 0.505 e. The van der Waals surface area contributed by atoms with E-state index in [-0.39, 0.29) is 17.1 Å². The number of hydrogen-bond donors (Lipinski definition) is 2. The predicted octanol–water partition coefficient (Wildman–Crippen LogP) is 1.91. The van der Waals surface area contributed by atoms with Crippen LogP contribution in [0.5, 0.6) is 5.75 Å². The number of hydrogen-bond acceptors (Lipinski definition) is 4. The van der Waals surface area contributed by atoms with Gasteiger partial charge in [-0.15, -0.1) is 0 Å². The fraction of sp³-hybridized carbons (Fsp3) is 0. The summed E-state index contributed by atoms with van der Waals surface area (Å²) in [6.07, 6.45) is 0. The Balaban J connectivity index is 2.58. The Morgan fingerprint density at radius 1 is 1.20 bits per heavy atom. The van der Waals surface area contributed by atoms with E-state index in [4.69, 9.17) is 10.8 Å². The lowest BCUT2D eigenvalue weighted by Gasteiger charge is -2.00. The minimum absolute atomic E-state index is 0.00361. The van der Waals surface area contributed by atoms with Gasteiger partial charge < -0.3 is 15.4 Å². The molecule has 0 spiro atoms. The lowest BCUT2D eigenvalue weighted by atomic mass is 10.1. The van der Waals surface area contributed by atoms with E-state index in [1.54, 1.807) is 0 Å². The van der Waals surface area contributed by atoms with E-state index in [1.807, 2.05) is 0 Å². The number of halogens is 2. The highest BCUT2D eigenvalue weighted by Crippen LogP contribution is 2.29. The monoisotopic (exact) mass is 212 g/mol. The van der Waals surface area contributed by atoms with Crippen molar-refractivity contribution in [1.82, 2.24) is 5.16 Å². The second-order valence-electron chi connectivity index (χ2n) is 2.90. The van der Waals surface area contributed by atoms with Crippen LogP contribution in [0.15, 0.2) is 22.7 Å². The van der Waals surface area contributed by atoms with E-state index in [9.17, 15) is 8.78 Å². The van der Waals surface area contributed by atoms with Crippen molar-refractivity contribution in [2.45, 2.75) is 0 Å². The van der Waals surface area contributed by atoms with Crippen LogP contribution in [-0.2, 0) is 0 Å². The molecule has 0 bridgehead atoms. The van der Waals surface area contributed by atoms with Crippen molar-refractivity contribution < 1.29 is 18.4 Å². The molecule has 2 rings (SSSR count). The molecule has 0 unspecified atom stereocenters. The van der Waals surface area contributed by atoms with Crippen molar-refractivity contribution >= 4 is 5.82 Å². The van der Waals surface area contributed by atoms with Gasteiger partial charge in [0.1, 0.15) is 5.82 Å². The third kappa shape index (κ3) is 1.61. The molecular weight excluding hydrogens is 206 g/mol. The zero-order valence-corrected chi connectivity index (χ0v) is 7.37. The summed E-state index contributed by atoms with van der Waals surface area (Å²) >= 11 is 0. The van der Waals surface area contributed by atoms with Crippen LogP contribution >= 0.6 is 0 Å². The number of aromatic nitrogens is 1. The standard InChI is InChI=1S/C9H6F2N2O2/c10-5-2-7(14)6(11)1-4(5)8-3-9(12)13-15-8/h1-3,14H,(H2,12,13). The summed E-state index contributed by atoms with van der Waals surface area (Å²) < 4.78 is 30.9. The number of nitrogens with zero attached hydrogens (tertiary/aromatic N) is 1. The lowest BCUT2D eigenvalue weighted by Crippen LogP contribution is -1.86. The Bertz CT molecular complexity index is 511. The molecule has 0 aliphatic heterocycles. The fourth-order valence-corrected chi connectivity index (χ4v) is 1.14. The Morgan fingerprint density at radius 3 is 2.53 bits per heavy atom. The number of phenolic OH excluding ortho intramolecular Hbond substituents is 1. The molecule has 0 saturated heterocycles. The van der Waals surface area contributed by atoms with E-state index >= 15 is 0 Å². The summed E-state index contributed by atoms with van der Waals surface area (Å²) in [7, 11) is 0.